The van der Waals surface area contributed by atoms with Crippen LogP contribution in [0.25, 0.3) is 5.65 Å². The zero-order valence-electron chi connectivity index (χ0n) is 8.68. The van der Waals surface area contributed by atoms with Crippen LogP contribution in [0.5, 0.6) is 0 Å². The smallest absolute Gasteiger partial charge is 0.157 e. The van der Waals surface area contributed by atoms with Crippen molar-refractivity contribution in [3.05, 3.63) is 24.5 Å². The first kappa shape index (κ1) is 9.92. The van der Waals surface area contributed by atoms with Crippen LogP contribution in [0.3, 0.4) is 0 Å². The maximum absolute atomic E-state index is 4.96. The van der Waals surface area contributed by atoms with Crippen molar-refractivity contribution in [2.24, 2.45) is 0 Å². The number of ether oxygens (including phenoxy) is 1. The summed E-state index contributed by atoms with van der Waals surface area (Å²) in [4.78, 5) is 4.38. The fourth-order valence-corrected chi connectivity index (χ4v) is 1.34. The molecular formula is C10H14N4O. The number of nitrogens with zero attached hydrogens (tertiary/aromatic N) is 3. The van der Waals surface area contributed by atoms with E-state index in [1.807, 2.05) is 18.3 Å². The molecule has 0 unspecified atom stereocenters. The molecule has 2 aromatic heterocycles. The summed E-state index contributed by atoms with van der Waals surface area (Å²) in [6, 6.07) is 3.78. The van der Waals surface area contributed by atoms with Crippen molar-refractivity contribution in [1.82, 2.24) is 14.6 Å². The summed E-state index contributed by atoms with van der Waals surface area (Å²) in [5, 5.41) is 7.31. The lowest BCUT2D eigenvalue weighted by Gasteiger charge is -2.04. The van der Waals surface area contributed by atoms with Crippen molar-refractivity contribution in [2.75, 3.05) is 25.6 Å². The minimum atomic E-state index is 0.766. The standard InChI is InChI=1S/C10H14N4O/c1-15-8-2-5-11-9-4-7-14-10(13-9)3-6-12-14/h3-4,6-7H,2,5,8H2,1H3,(H,11,13). The molecule has 0 atom stereocenters. The van der Waals surface area contributed by atoms with Gasteiger partial charge in [0.1, 0.15) is 5.82 Å². The summed E-state index contributed by atoms with van der Waals surface area (Å²) in [5.74, 6) is 0.874. The van der Waals surface area contributed by atoms with Gasteiger partial charge < -0.3 is 10.1 Å². The fourth-order valence-electron chi connectivity index (χ4n) is 1.34. The molecule has 2 heterocycles. The fraction of sp³-hybridized carbons (Fsp3) is 0.400. The predicted octanol–water partition coefficient (Wildman–Crippen LogP) is 1.18. The van der Waals surface area contributed by atoms with Gasteiger partial charge in [-0.3, -0.25) is 0 Å². The lowest BCUT2D eigenvalue weighted by Crippen LogP contribution is -2.06. The molecule has 15 heavy (non-hydrogen) atoms. The van der Waals surface area contributed by atoms with E-state index >= 15 is 0 Å². The summed E-state index contributed by atoms with van der Waals surface area (Å²) in [6.07, 6.45) is 4.60. The van der Waals surface area contributed by atoms with Crippen LogP contribution in [-0.4, -0.2) is 34.9 Å². The van der Waals surface area contributed by atoms with Crippen molar-refractivity contribution in [2.45, 2.75) is 6.42 Å². The molecule has 0 aliphatic heterocycles. The van der Waals surface area contributed by atoms with E-state index in [-0.39, 0.29) is 0 Å². The van der Waals surface area contributed by atoms with Gasteiger partial charge in [-0.1, -0.05) is 0 Å². The maximum atomic E-state index is 4.96. The molecule has 0 spiro atoms. The van der Waals surface area contributed by atoms with E-state index in [4.69, 9.17) is 4.74 Å². The van der Waals surface area contributed by atoms with Gasteiger partial charge in [-0.05, 0) is 12.5 Å². The highest BCUT2D eigenvalue weighted by Crippen LogP contribution is 2.05. The Morgan fingerprint density at radius 2 is 2.40 bits per heavy atom. The molecule has 0 aromatic carbocycles. The second-order valence-electron chi connectivity index (χ2n) is 3.22. The zero-order valence-corrected chi connectivity index (χ0v) is 8.68. The first-order chi connectivity index (χ1) is 7.40. The van der Waals surface area contributed by atoms with Gasteiger partial charge in [-0.15, -0.1) is 0 Å². The van der Waals surface area contributed by atoms with Gasteiger partial charge in [0.05, 0.1) is 6.20 Å². The Bertz CT molecular complexity index is 426. The first-order valence-electron chi connectivity index (χ1n) is 4.93. The molecule has 0 bridgehead atoms. The van der Waals surface area contributed by atoms with E-state index in [0.29, 0.717) is 0 Å². The predicted molar refractivity (Wildman–Crippen MR) is 58.0 cm³/mol. The minimum Gasteiger partial charge on any atom is -0.385 e. The molecule has 0 aliphatic rings. The summed E-state index contributed by atoms with van der Waals surface area (Å²) in [5.41, 5.74) is 0.853. The van der Waals surface area contributed by atoms with Gasteiger partial charge in [0.2, 0.25) is 0 Å². The van der Waals surface area contributed by atoms with E-state index in [2.05, 4.69) is 15.4 Å². The number of hydrogen-bond donors (Lipinski definition) is 1. The van der Waals surface area contributed by atoms with Crippen LogP contribution in [0, 0.1) is 0 Å². The van der Waals surface area contributed by atoms with Crippen molar-refractivity contribution >= 4 is 11.5 Å². The molecule has 2 rings (SSSR count). The number of fused-ring (bicyclic) bond motifs is 1. The number of methoxy groups -OCH3 is 1. The first-order valence-corrected chi connectivity index (χ1v) is 4.93. The highest BCUT2D eigenvalue weighted by Gasteiger charge is 1.97. The van der Waals surface area contributed by atoms with Crippen LogP contribution < -0.4 is 5.32 Å². The summed E-state index contributed by atoms with van der Waals surface area (Å²) < 4.78 is 6.70. The van der Waals surface area contributed by atoms with Crippen molar-refractivity contribution in [3.8, 4) is 0 Å². The third-order valence-electron chi connectivity index (χ3n) is 2.09. The van der Waals surface area contributed by atoms with Gasteiger partial charge in [0.25, 0.3) is 0 Å². The van der Waals surface area contributed by atoms with Gasteiger partial charge in [-0.25, -0.2) is 9.50 Å². The highest BCUT2D eigenvalue weighted by molar-refractivity contribution is 5.45. The molecular weight excluding hydrogens is 192 g/mol. The van der Waals surface area contributed by atoms with Crippen LogP contribution in [0.4, 0.5) is 5.82 Å². The maximum Gasteiger partial charge on any atom is 0.157 e. The van der Waals surface area contributed by atoms with Gasteiger partial charge in [0, 0.05) is 32.5 Å². The normalized spacial score (nSPS) is 10.7. The molecule has 0 aliphatic carbocycles. The Balaban J connectivity index is 1.96. The molecule has 0 fully saturated rings. The monoisotopic (exact) mass is 206 g/mol. The summed E-state index contributed by atoms with van der Waals surface area (Å²) in [7, 11) is 1.70. The lowest BCUT2D eigenvalue weighted by atomic mass is 10.4. The van der Waals surface area contributed by atoms with Crippen LogP contribution in [-0.2, 0) is 4.74 Å². The largest absolute Gasteiger partial charge is 0.385 e. The van der Waals surface area contributed by atoms with E-state index < -0.39 is 0 Å². The van der Waals surface area contributed by atoms with Crippen molar-refractivity contribution < 1.29 is 4.74 Å². The zero-order chi connectivity index (χ0) is 10.5. The number of nitrogens with one attached hydrogen (secondary N) is 1. The molecule has 0 saturated carbocycles. The Morgan fingerprint density at radius 3 is 3.27 bits per heavy atom. The molecule has 5 nitrogen and oxygen atoms in total. The second kappa shape index (κ2) is 4.75. The van der Waals surface area contributed by atoms with E-state index in [9.17, 15) is 0 Å². The molecule has 0 saturated heterocycles. The van der Waals surface area contributed by atoms with Gasteiger partial charge >= 0.3 is 0 Å². The van der Waals surface area contributed by atoms with Crippen LogP contribution in [0.15, 0.2) is 24.5 Å². The molecule has 0 radical (unpaired) electrons. The van der Waals surface area contributed by atoms with Crippen LogP contribution >= 0.6 is 0 Å². The number of hydrogen-bond acceptors (Lipinski definition) is 4. The Labute approximate surface area is 88.1 Å². The lowest BCUT2D eigenvalue weighted by molar-refractivity contribution is 0.198. The van der Waals surface area contributed by atoms with Gasteiger partial charge in [-0.2, -0.15) is 5.10 Å². The Morgan fingerprint density at radius 1 is 1.47 bits per heavy atom. The second-order valence-corrected chi connectivity index (χ2v) is 3.22. The Hall–Kier alpha value is -1.62. The Kier molecular flexibility index (Phi) is 3.14. The highest BCUT2D eigenvalue weighted by atomic mass is 16.5. The average Bonchev–Trinajstić information content (AvgIpc) is 2.71. The molecule has 1 N–H and O–H groups in total. The molecule has 0 amide bonds. The van der Waals surface area contributed by atoms with Crippen molar-refractivity contribution in [1.29, 1.82) is 0 Å². The third kappa shape index (κ3) is 2.44. The molecule has 5 heteroatoms. The number of anilines is 1. The third-order valence-corrected chi connectivity index (χ3v) is 2.09. The number of rotatable bonds is 5. The van der Waals surface area contributed by atoms with Crippen molar-refractivity contribution in [3.63, 3.8) is 0 Å². The molecule has 80 valence electrons. The summed E-state index contributed by atoms with van der Waals surface area (Å²) >= 11 is 0. The van der Waals surface area contributed by atoms with E-state index in [0.717, 1.165) is 31.0 Å². The quantitative estimate of drug-likeness (QED) is 0.746. The van der Waals surface area contributed by atoms with E-state index in [1.165, 1.54) is 0 Å². The minimum absolute atomic E-state index is 0.766. The van der Waals surface area contributed by atoms with Crippen LogP contribution in [0.2, 0.25) is 0 Å². The van der Waals surface area contributed by atoms with E-state index in [1.54, 1.807) is 17.8 Å². The van der Waals surface area contributed by atoms with Gasteiger partial charge in [0.15, 0.2) is 5.65 Å². The molecule has 2 aromatic rings. The van der Waals surface area contributed by atoms with Crippen LogP contribution in [0.1, 0.15) is 6.42 Å². The average molecular weight is 206 g/mol. The summed E-state index contributed by atoms with van der Waals surface area (Å²) in [6.45, 7) is 1.63. The SMILES string of the molecule is COCCCNc1ccn2nccc2n1. The topological polar surface area (TPSA) is 51.5 Å². The number of aromatic nitrogens is 3.